The number of rotatable bonds is 4. The van der Waals surface area contributed by atoms with Crippen LogP contribution >= 0.6 is 0 Å². The van der Waals surface area contributed by atoms with Crippen LogP contribution in [0.5, 0.6) is 0 Å². The van der Waals surface area contributed by atoms with Gasteiger partial charge < -0.3 is 15.5 Å². The molecule has 0 bridgehead atoms. The van der Waals surface area contributed by atoms with Crippen molar-refractivity contribution in [3.05, 3.63) is 0 Å². The van der Waals surface area contributed by atoms with E-state index in [1.54, 1.807) is 0 Å². The van der Waals surface area contributed by atoms with Gasteiger partial charge in [-0.3, -0.25) is 4.90 Å². The van der Waals surface area contributed by atoms with Crippen LogP contribution in [0, 0.1) is 0 Å². The number of nitrogens with two attached hydrogens (primary N) is 1. The monoisotopic (exact) mass is 267 g/mol. The maximum absolute atomic E-state index is 6.15. The second kappa shape index (κ2) is 7.10. The predicted octanol–water partition coefficient (Wildman–Crippen LogP) is 0.423. The molecule has 2 aliphatic rings. The molecule has 19 heavy (non-hydrogen) atoms. The third-order valence-electron chi connectivity index (χ3n) is 4.20. The molecule has 1 aliphatic heterocycles. The molecule has 2 fully saturated rings. The SMILES string of the molecule is CN(C)CCN1CCN(C(N)=NC2CCCC2)CC1. The van der Waals surface area contributed by atoms with Crippen LogP contribution in [-0.4, -0.2) is 80.1 Å². The lowest BCUT2D eigenvalue weighted by molar-refractivity contribution is 0.168. The molecule has 0 aromatic rings. The number of guanidine groups is 1. The molecule has 1 saturated carbocycles. The van der Waals surface area contributed by atoms with E-state index < -0.39 is 0 Å². The van der Waals surface area contributed by atoms with Crippen LogP contribution in [0.3, 0.4) is 0 Å². The summed E-state index contributed by atoms with van der Waals surface area (Å²) in [6.07, 6.45) is 5.09. The Labute approximate surface area is 117 Å². The van der Waals surface area contributed by atoms with Crippen molar-refractivity contribution in [1.82, 2.24) is 14.7 Å². The number of hydrogen-bond acceptors (Lipinski definition) is 3. The Bertz CT molecular complexity index is 288. The molecular formula is C14H29N5. The minimum absolute atomic E-state index is 0.492. The number of nitrogens with zero attached hydrogens (tertiary/aromatic N) is 4. The minimum Gasteiger partial charge on any atom is -0.370 e. The van der Waals surface area contributed by atoms with E-state index >= 15 is 0 Å². The first-order chi connectivity index (χ1) is 9.15. The second-order valence-corrected chi connectivity index (χ2v) is 6.06. The fraction of sp³-hybridized carbons (Fsp3) is 0.929. The van der Waals surface area contributed by atoms with Gasteiger partial charge in [-0.1, -0.05) is 12.8 Å². The number of piperazine rings is 1. The van der Waals surface area contributed by atoms with Crippen molar-refractivity contribution in [3.63, 3.8) is 0 Å². The molecule has 5 nitrogen and oxygen atoms in total. The maximum Gasteiger partial charge on any atom is 0.191 e. The van der Waals surface area contributed by atoms with Crippen molar-refractivity contribution in [2.24, 2.45) is 10.7 Å². The lowest BCUT2D eigenvalue weighted by Gasteiger charge is -2.36. The number of likely N-dealkylation sites (N-methyl/N-ethyl adjacent to an activating group) is 1. The quantitative estimate of drug-likeness (QED) is 0.592. The third kappa shape index (κ3) is 4.66. The average Bonchev–Trinajstić information content (AvgIpc) is 2.89. The van der Waals surface area contributed by atoms with E-state index in [1.807, 2.05) is 0 Å². The Balaban J connectivity index is 1.72. The zero-order chi connectivity index (χ0) is 13.7. The molecule has 1 heterocycles. The first kappa shape index (κ1) is 14.6. The summed E-state index contributed by atoms with van der Waals surface area (Å²) in [7, 11) is 4.25. The predicted molar refractivity (Wildman–Crippen MR) is 80.4 cm³/mol. The topological polar surface area (TPSA) is 48.1 Å². The highest BCUT2D eigenvalue weighted by Crippen LogP contribution is 2.21. The molecule has 0 amide bonds. The maximum atomic E-state index is 6.15. The van der Waals surface area contributed by atoms with E-state index in [9.17, 15) is 0 Å². The highest BCUT2D eigenvalue weighted by Gasteiger charge is 2.20. The lowest BCUT2D eigenvalue weighted by Crippen LogP contribution is -2.52. The standard InChI is InChI=1S/C14H29N5/c1-17(2)7-8-18-9-11-19(12-10-18)14(15)16-13-5-3-4-6-13/h13H,3-12H2,1-2H3,(H2,15,16). The lowest BCUT2D eigenvalue weighted by atomic mass is 10.3. The summed E-state index contributed by atoms with van der Waals surface area (Å²) in [4.78, 5) is 11.7. The first-order valence-electron chi connectivity index (χ1n) is 7.60. The summed E-state index contributed by atoms with van der Waals surface area (Å²) in [5.41, 5.74) is 6.15. The van der Waals surface area contributed by atoms with Gasteiger partial charge in [-0.25, -0.2) is 4.99 Å². The van der Waals surface area contributed by atoms with E-state index in [0.29, 0.717) is 6.04 Å². The van der Waals surface area contributed by atoms with Crippen molar-refractivity contribution in [1.29, 1.82) is 0 Å². The van der Waals surface area contributed by atoms with Crippen molar-refractivity contribution in [2.45, 2.75) is 31.7 Å². The second-order valence-electron chi connectivity index (χ2n) is 6.06. The molecule has 1 aliphatic carbocycles. The molecule has 2 N–H and O–H groups in total. The Hall–Kier alpha value is -0.810. The molecule has 2 rings (SSSR count). The molecule has 0 spiro atoms. The van der Waals surface area contributed by atoms with Crippen LogP contribution in [0.1, 0.15) is 25.7 Å². The van der Waals surface area contributed by atoms with Gasteiger partial charge in [0.25, 0.3) is 0 Å². The Morgan fingerprint density at radius 2 is 1.79 bits per heavy atom. The average molecular weight is 267 g/mol. The van der Waals surface area contributed by atoms with Crippen molar-refractivity contribution in [2.75, 3.05) is 53.4 Å². The normalized spacial score (nSPS) is 23.5. The molecule has 0 atom stereocenters. The molecular weight excluding hydrogens is 238 g/mol. The first-order valence-corrected chi connectivity index (χ1v) is 7.60. The molecule has 0 aromatic carbocycles. The summed E-state index contributed by atoms with van der Waals surface area (Å²) in [6.45, 7) is 6.54. The highest BCUT2D eigenvalue weighted by molar-refractivity contribution is 5.78. The van der Waals surface area contributed by atoms with Crippen LogP contribution in [0.25, 0.3) is 0 Å². The van der Waals surface area contributed by atoms with E-state index in [2.05, 4.69) is 28.8 Å². The summed E-state index contributed by atoms with van der Waals surface area (Å²) in [5, 5.41) is 0. The highest BCUT2D eigenvalue weighted by atomic mass is 15.3. The van der Waals surface area contributed by atoms with Gasteiger partial charge in [-0.15, -0.1) is 0 Å². The molecule has 1 saturated heterocycles. The van der Waals surface area contributed by atoms with E-state index in [-0.39, 0.29) is 0 Å². The van der Waals surface area contributed by atoms with Gasteiger partial charge in [-0.05, 0) is 26.9 Å². The largest absolute Gasteiger partial charge is 0.370 e. The molecule has 110 valence electrons. The Morgan fingerprint density at radius 1 is 1.16 bits per heavy atom. The van der Waals surface area contributed by atoms with Gasteiger partial charge in [0, 0.05) is 39.3 Å². The van der Waals surface area contributed by atoms with Crippen LogP contribution in [-0.2, 0) is 0 Å². The Kier molecular flexibility index (Phi) is 5.45. The fourth-order valence-corrected chi connectivity index (χ4v) is 2.84. The summed E-state index contributed by atoms with van der Waals surface area (Å²) >= 11 is 0. The Morgan fingerprint density at radius 3 is 2.37 bits per heavy atom. The third-order valence-corrected chi connectivity index (χ3v) is 4.20. The van der Waals surface area contributed by atoms with Crippen molar-refractivity contribution >= 4 is 5.96 Å². The molecule has 0 aromatic heterocycles. The number of hydrogen-bond donors (Lipinski definition) is 1. The van der Waals surface area contributed by atoms with Crippen molar-refractivity contribution in [3.8, 4) is 0 Å². The van der Waals surface area contributed by atoms with Crippen molar-refractivity contribution < 1.29 is 0 Å². The molecule has 0 unspecified atom stereocenters. The van der Waals surface area contributed by atoms with Gasteiger partial charge in [0.15, 0.2) is 5.96 Å². The van der Waals surface area contributed by atoms with Gasteiger partial charge in [0.2, 0.25) is 0 Å². The zero-order valence-electron chi connectivity index (χ0n) is 12.5. The molecule has 0 radical (unpaired) electrons. The van der Waals surface area contributed by atoms with E-state index in [1.165, 1.54) is 25.7 Å². The summed E-state index contributed by atoms with van der Waals surface area (Å²) in [6, 6.07) is 0.492. The van der Waals surface area contributed by atoms with Crippen LogP contribution in [0.4, 0.5) is 0 Å². The van der Waals surface area contributed by atoms with Crippen LogP contribution in [0.2, 0.25) is 0 Å². The van der Waals surface area contributed by atoms with Crippen LogP contribution < -0.4 is 5.73 Å². The fourth-order valence-electron chi connectivity index (χ4n) is 2.84. The van der Waals surface area contributed by atoms with E-state index in [4.69, 9.17) is 10.7 Å². The summed E-state index contributed by atoms with van der Waals surface area (Å²) in [5.74, 6) is 0.777. The van der Waals surface area contributed by atoms with E-state index in [0.717, 1.165) is 45.2 Å². The van der Waals surface area contributed by atoms with Gasteiger partial charge >= 0.3 is 0 Å². The zero-order valence-corrected chi connectivity index (χ0v) is 12.5. The number of aliphatic imine (C=N–C) groups is 1. The smallest absolute Gasteiger partial charge is 0.191 e. The summed E-state index contributed by atoms with van der Waals surface area (Å²) < 4.78 is 0. The van der Waals surface area contributed by atoms with Gasteiger partial charge in [0.1, 0.15) is 0 Å². The van der Waals surface area contributed by atoms with Gasteiger partial charge in [-0.2, -0.15) is 0 Å². The van der Waals surface area contributed by atoms with Gasteiger partial charge in [0.05, 0.1) is 6.04 Å². The van der Waals surface area contributed by atoms with Crippen LogP contribution in [0.15, 0.2) is 4.99 Å². The molecule has 5 heteroatoms. The minimum atomic E-state index is 0.492.